The van der Waals surface area contributed by atoms with Crippen molar-refractivity contribution in [3.63, 3.8) is 0 Å². The third-order valence-corrected chi connectivity index (χ3v) is 4.37. The molecule has 0 bridgehead atoms. The lowest BCUT2D eigenvalue weighted by atomic mass is 10.2. The van der Waals surface area contributed by atoms with Crippen molar-refractivity contribution in [3.05, 3.63) is 46.6 Å². The predicted octanol–water partition coefficient (Wildman–Crippen LogP) is 3.04. The van der Waals surface area contributed by atoms with E-state index in [9.17, 15) is 4.21 Å². The zero-order valence-corrected chi connectivity index (χ0v) is 11.7. The Bertz CT molecular complexity index is 553. The summed E-state index contributed by atoms with van der Waals surface area (Å²) in [5, 5.41) is 4.10. The van der Waals surface area contributed by atoms with E-state index in [0.717, 1.165) is 5.56 Å². The van der Waals surface area contributed by atoms with Gasteiger partial charge in [-0.1, -0.05) is 28.9 Å². The number of aryl methyl sites for hydroxylation is 1. The van der Waals surface area contributed by atoms with Crippen molar-refractivity contribution in [2.75, 3.05) is 0 Å². The number of rotatable bonds is 4. The Labute approximate surface area is 113 Å². The molecule has 6 heteroatoms. The molecule has 0 saturated carbocycles. The van der Waals surface area contributed by atoms with Crippen molar-refractivity contribution >= 4 is 22.4 Å². The first-order valence-corrected chi connectivity index (χ1v) is 7.24. The van der Waals surface area contributed by atoms with Gasteiger partial charge in [-0.3, -0.25) is 4.21 Å². The lowest BCUT2D eigenvalue weighted by Crippen LogP contribution is -2.05. The fraction of sp³-hybridized carbons (Fsp3) is 0.333. The average Bonchev–Trinajstić information content (AvgIpc) is 2.78. The number of nitrogens with zero attached hydrogens (tertiary/aromatic N) is 2. The van der Waals surface area contributed by atoms with E-state index in [4.69, 9.17) is 16.1 Å². The van der Waals surface area contributed by atoms with E-state index < -0.39 is 10.8 Å². The second kappa shape index (κ2) is 5.63. The molecule has 2 rings (SSSR count). The smallest absolute Gasteiger partial charge is 0.242 e. The van der Waals surface area contributed by atoms with Crippen LogP contribution in [0.15, 0.2) is 28.8 Å². The molecule has 0 radical (unpaired) electrons. The Morgan fingerprint density at radius 3 is 2.61 bits per heavy atom. The van der Waals surface area contributed by atoms with Crippen molar-refractivity contribution in [2.45, 2.75) is 24.9 Å². The van der Waals surface area contributed by atoms with Crippen LogP contribution in [0.5, 0.6) is 0 Å². The monoisotopic (exact) mass is 284 g/mol. The minimum atomic E-state index is -1.10. The maximum Gasteiger partial charge on any atom is 0.242 e. The molecule has 1 heterocycles. The summed E-state index contributed by atoms with van der Waals surface area (Å²) >= 11 is 5.80. The topological polar surface area (TPSA) is 56.0 Å². The van der Waals surface area contributed by atoms with Crippen LogP contribution in [0.25, 0.3) is 0 Å². The van der Waals surface area contributed by atoms with Gasteiger partial charge in [0.05, 0.1) is 0 Å². The van der Waals surface area contributed by atoms with Gasteiger partial charge in [-0.2, -0.15) is 4.98 Å². The standard InChI is InChI=1S/C12H13ClN2O2S/c1-8(12-14-9(2)15-17-12)18(16)7-10-3-5-11(13)6-4-10/h3-6,8H,7H2,1-2H3/t8-,18-/m0/s1. The average molecular weight is 285 g/mol. The van der Waals surface area contributed by atoms with Crippen LogP contribution in [0.3, 0.4) is 0 Å². The third kappa shape index (κ3) is 3.17. The van der Waals surface area contributed by atoms with Gasteiger partial charge in [0.1, 0.15) is 5.25 Å². The zero-order chi connectivity index (χ0) is 13.1. The van der Waals surface area contributed by atoms with Crippen LogP contribution in [0.2, 0.25) is 5.02 Å². The summed E-state index contributed by atoms with van der Waals surface area (Å²) in [5.74, 6) is 1.42. The Morgan fingerprint density at radius 2 is 2.06 bits per heavy atom. The molecular formula is C12H13ClN2O2S. The van der Waals surface area contributed by atoms with Crippen LogP contribution in [0, 0.1) is 6.92 Å². The highest BCUT2D eigenvalue weighted by atomic mass is 35.5. The Morgan fingerprint density at radius 1 is 1.39 bits per heavy atom. The molecule has 0 saturated heterocycles. The van der Waals surface area contributed by atoms with Gasteiger partial charge in [0.25, 0.3) is 0 Å². The zero-order valence-electron chi connectivity index (χ0n) is 10.1. The van der Waals surface area contributed by atoms with Gasteiger partial charge in [0.2, 0.25) is 5.89 Å². The molecule has 2 aromatic rings. The number of hydrogen-bond donors (Lipinski definition) is 0. The van der Waals surface area contributed by atoms with Crippen LogP contribution in [-0.4, -0.2) is 14.3 Å². The predicted molar refractivity (Wildman–Crippen MR) is 70.7 cm³/mol. The van der Waals surface area contributed by atoms with Crippen LogP contribution < -0.4 is 0 Å². The highest BCUT2D eigenvalue weighted by Crippen LogP contribution is 2.21. The van der Waals surface area contributed by atoms with E-state index in [2.05, 4.69) is 10.1 Å². The lowest BCUT2D eigenvalue weighted by molar-refractivity contribution is 0.375. The Balaban J connectivity index is 2.05. The van der Waals surface area contributed by atoms with Crippen molar-refractivity contribution in [3.8, 4) is 0 Å². The van der Waals surface area contributed by atoms with Crippen molar-refractivity contribution in [1.29, 1.82) is 0 Å². The molecule has 0 spiro atoms. The molecule has 0 aliphatic rings. The van der Waals surface area contributed by atoms with Gasteiger partial charge < -0.3 is 4.52 Å². The minimum Gasteiger partial charge on any atom is -0.338 e. The fourth-order valence-corrected chi connectivity index (χ4v) is 2.68. The maximum absolute atomic E-state index is 12.2. The van der Waals surface area contributed by atoms with Gasteiger partial charge in [0, 0.05) is 21.6 Å². The van der Waals surface area contributed by atoms with E-state index in [-0.39, 0.29) is 5.25 Å². The molecule has 0 amide bonds. The molecule has 0 aliphatic carbocycles. The molecule has 0 aliphatic heterocycles. The SMILES string of the molecule is Cc1noc([C@H](C)[S@@](=O)Cc2ccc(Cl)cc2)n1. The first-order valence-electron chi connectivity index (χ1n) is 5.48. The summed E-state index contributed by atoms with van der Waals surface area (Å²) in [6, 6.07) is 7.31. The molecule has 0 unspecified atom stereocenters. The van der Waals surface area contributed by atoms with Crippen molar-refractivity contribution < 1.29 is 8.73 Å². The molecule has 0 N–H and O–H groups in total. The van der Waals surface area contributed by atoms with Gasteiger partial charge >= 0.3 is 0 Å². The molecule has 0 fully saturated rings. The van der Waals surface area contributed by atoms with Crippen LogP contribution in [0.4, 0.5) is 0 Å². The quantitative estimate of drug-likeness (QED) is 0.866. The second-order valence-electron chi connectivity index (χ2n) is 3.97. The molecule has 1 aromatic carbocycles. The van der Waals surface area contributed by atoms with Gasteiger partial charge in [-0.15, -0.1) is 0 Å². The highest BCUT2D eigenvalue weighted by molar-refractivity contribution is 7.84. The van der Waals surface area contributed by atoms with Crippen molar-refractivity contribution in [2.24, 2.45) is 0 Å². The molecule has 4 nitrogen and oxygen atoms in total. The van der Waals surface area contributed by atoms with Crippen LogP contribution >= 0.6 is 11.6 Å². The lowest BCUT2D eigenvalue weighted by Gasteiger charge is -2.07. The van der Waals surface area contributed by atoms with E-state index >= 15 is 0 Å². The van der Waals surface area contributed by atoms with E-state index in [1.807, 2.05) is 19.1 Å². The van der Waals surface area contributed by atoms with E-state index in [1.54, 1.807) is 19.1 Å². The summed E-state index contributed by atoms with van der Waals surface area (Å²) in [6.45, 7) is 3.56. The largest absolute Gasteiger partial charge is 0.338 e. The molecular weight excluding hydrogens is 272 g/mol. The number of hydrogen-bond acceptors (Lipinski definition) is 4. The summed E-state index contributed by atoms with van der Waals surface area (Å²) in [4.78, 5) is 4.10. The normalized spacial score (nSPS) is 14.4. The minimum absolute atomic E-state index is 0.276. The molecule has 18 heavy (non-hydrogen) atoms. The highest BCUT2D eigenvalue weighted by Gasteiger charge is 2.19. The summed E-state index contributed by atoms with van der Waals surface area (Å²) in [6.07, 6.45) is 0. The van der Waals surface area contributed by atoms with Gasteiger partial charge in [0.15, 0.2) is 5.82 Å². The number of benzene rings is 1. The second-order valence-corrected chi connectivity index (χ2v) is 6.17. The summed E-state index contributed by atoms with van der Waals surface area (Å²) in [5.41, 5.74) is 0.973. The number of aromatic nitrogens is 2. The summed E-state index contributed by atoms with van der Waals surface area (Å²) < 4.78 is 17.2. The molecule has 2 atom stereocenters. The van der Waals surface area contributed by atoms with E-state index in [1.165, 1.54) is 0 Å². The third-order valence-electron chi connectivity index (χ3n) is 2.51. The number of halogens is 1. The van der Waals surface area contributed by atoms with Crippen molar-refractivity contribution in [1.82, 2.24) is 10.1 Å². The molecule has 1 aromatic heterocycles. The molecule has 96 valence electrons. The first kappa shape index (κ1) is 13.2. The van der Waals surface area contributed by atoms with Gasteiger partial charge in [-0.05, 0) is 31.5 Å². The van der Waals surface area contributed by atoms with Crippen LogP contribution in [0.1, 0.15) is 29.5 Å². The summed E-state index contributed by atoms with van der Waals surface area (Å²) in [7, 11) is -1.10. The first-order chi connectivity index (χ1) is 8.56. The van der Waals surface area contributed by atoms with Gasteiger partial charge in [-0.25, -0.2) is 0 Å². The van der Waals surface area contributed by atoms with Crippen LogP contribution in [-0.2, 0) is 16.6 Å². The fourth-order valence-electron chi connectivity index (χ4n) is 1.46. The Hall–Kier alpha value is -1.20. The Kier molecular flexibility index (Phi) is 4.14. The maximum atomic E-state index is 12.2. The van der Waals surface area contributed by atoms with E-state index in [0.29, 0.717) is 22.5 Å².